The number of hydrogen-bond acceptors (Lipinski definition) is 11. The first-order valence-corrected chi connectivity index (χ1v) is 14.3. The van der Waals surface area contributed by atoms with Gasteiger partial charge in [-0.3, -0.25) is 4.79 Å². The number of hydrogen-bond donors (Lipinski definition) is 3. The van der Waals surface area contributed by atoms with E-state index in [0.29, 0.717) is 17.2 Å². The Morgan fingerprint density at radius 2 is 1.88 bits per heavy atom. The third-order valence-corrected chi connectivity index (χ3v) is 7.84. The van der Waals surface area contributed by atoms with Gasteiger partial charge >= 0.3 is 244 Å². The number of aromatic nitrogens is 3. The molecular weight excluding hydrogens is 663 g/mol. The molecule has 1 saturated heterocycles. The third-order valence-electron chi connectivity index (χ3n) is 6.48. The van der Waals surface area contributed by atoms with Crippen molar-refractivity contribution in [3.05, 3.63) is 72.2 Å². The molecule has 2 aliphatic rings. The van der Waals surface area contributed by atoms with Crippen LogP contribution in [0.1, 0.15) is 33.6 Å². The van der Waals surface area contributed by atoms with Gasteiger partial charge in [0.25, 0.3) is 0 Å². The zero-order chi connectivity index (χ0) is 29.2. The molecule has 42 heavy (non-hydrogen) atoms. The van der Waals surface area contributed by atoms with Gasteiger partial charge in [-0.05, 0) is 0 Å². The van der Waals surface area contributed by atoms with Crippen LogP contribution < -0.4 is 40.5 Å². The Hall–Kier alpha value is -5.06. The maximum atomic E-state index is 13.1. The van der Waals surface area contributed by atoms with Gasteiger partial charge in [0.05, 0.1) is 0 Å². The van der Waals surface area contributed by atoms with E-state index in [9.17, 15) is 24.0 Å². The fraction of sp³-hybridized carbons (Fsp3) is 0.148. The molecule has 0 bridgehead atoms. The average molecular weight is 683 g/mol. The number of piperidine rings is 1. The quantitative estimate of drug-likeness (QED) is 0.146. The summed E-state index contributed by atoms with van der Waals surface area (Å²) >= 11 is -1.48. The number of H-pyrrole nitrogens is 1. The molecule has 1 atom stereocenters. The topological polar surface area (TPSA) is 182 Å². The molecule has 15 heteroatoms. The summed E-state index contributed by atoms with van der Waals surface area (Å²) in [7, 11) is 0. The van der Waals surface area contributed by atoms with Crippen molar-refractivity contribution in [2.24, 2.45) is 0 Å². The van der Waals surface area contributed by atoms with Crippen molar-refractivity contribution >= 4 is 52.1 Å². The molecule has 1 fully saturated rings. The molecule has 1 unspecified atom stereocenters. The molecule has 0 aliphatic carbocycles. The summed E-state index contributed by atoms with van der Waals surface area (Å²) in [5.74, 6) is -2.17. The fourth-order valence-electron chi connectivity index (χ4n) is 4.55. The van der Waals surface area contributed by atoms with E-state index in [4.69, 9.17) is 10.9 Å². The van der Waals surface area contributed by atoms with Gasteiger partial charge in [-0.25, -0.2) is 0 Å². The zero-order valence-electron chi connectivity index (χ0n) is 21.5. The fourth-order valence-corrected chi connectivity index (χ4v) is 5.47. The van der Waals surface area contributed by atoms with E-state index >= 15 is 0 Å². The first-order chi connectivity index (χ1) is 20.4. The number of carbonyl (C=O) groups is 5. The van der Waals surface area contributed by atoms with Gasteiger partial charge in [0, 0.05) is 0 Å². The molecule has 0 radical (unpaired) electrons. The number of nitrogens with zero attached hydrogens (tertiary/aromatic N) is 3. The molecule has 0 spiro atoms. The number of aromatic amines is 1. The zero-order valence-corrected chi connectivity index (χ0v) is 23.6. The van der Waals surface area contributed by atoms with Crippen molar-refractivity contribution < 1.29 is 56.9 Å². The van der Waals surface area contributed by atoms with E-state index in [1.165, 1.54) is 24.5 Å². The molecule has 14 nitrogen and oxygen atoms in total. The van der Waals surface area contributed by atoms with Crippen molar-refractivity contribution in [2.75, 3.05) is 11.9 Å². The second-order valence-electron chi connectivity index (χ2n) is 9.12. The number of rotatable bonds is 9. The van der Waals surface area contributed by atoms with Crippen molar-refractivity contribution in [3.63, 3.8) is 0 Å². The van der Waals surface area contributed by atoms with E-state index in [0.717, 1.165) is 16.0 Å². The number of fused-ring (bicyclic) bond motifs is 2. The minimum atomic E-state index is -1.48. The van der Waals surface area contributed by atoms with Gasteiger partial charge in [-0.15, -0.1) is 0 Å². The van der Waals surface area contributed by atoms with E-state index < -0.39 is 64.3 Å². The van der Waals surface area contributed by atoms with E-state index in [1.54, 1.807) is 30.5 Å². The van der Waals surface area contributed by atoms with E-state index in [1.807, 2.05) is 6.07 Å². The second kappa shape index (κ2) is 11.4. The molecule has 4 aromatic rings. The number of nitrogens with one attached hydrogen (secondary N) is 3. The Morgan fingerprint density at radius 1 is 1.05 bits per heavy atom. The average Bonchev–Trinajstić information content (AvgIpc) is 3.57. The molecule has 6 rings (SSSR count). The second-order valence-corrected chi connectivity index (χ2v) is 10.4. The van der Waals surface area contributed by atoms with Crippen molar-refractivity contribution in [2.45, 2.75) is 18.9 Å². The minimum absolute atomic E-state index is 0.000373. The maximum absolute atomic E-state index is 13.1. The van der Waals surface area contributed by atoms with Crippen molar-refractivity contribution in [1.82, 2.24) is 25.2 Å². The van der Waals surface area contributed by atoms with Crippen LogP contribution in [0.2, 0.25) is 0 Å². The molecule has 4 heterocycles. The Balaban J connectivity index is 1.01. The first-order valence-electron chi connectivity index (χ1n) is 12.5. The number of anilines is 2. The summed E-state index contributed by atoms with van der Waals surface area (Å²) in [6, 6.07) is 12.1. The summed E-state index contributed by atoms with van der Waals surface area (Å²) in [6.45, 7) is -0.533. The summed E-state index contributed by atoms with van der Waals surface area (Å²) in [5.41, 5.74) is 1.47. The molecule has 2 aromatic heterocycles. The van der Waals surface area contributed by atoms with E-state index in [2.05, 4.69) is 25.6 Å². The molecule has 214 valence electrons. The van der Waals surface area contributed by atoms with Crippen molar-refractivity contribution in [1.29, 1.82) is 0 Å². The van der Waals surface area contributed by atoms with Gasteiger partial charge in [-0.2, -0.15) is 0 Å². The Labute approximate surface area is 248 Å². The summed E-state index contributed by atoms with van der Waals surface area (Å²) in [5, 5.41) is 6.21. The molecule has 2 aromatic carbocycles. The Bertz CT molecular complexity index is 1740. The number of benzene rings is 2. The number of imide groups is 2. The van der Waals surface area contributed by atoms with Crippen LogP contribution in [0.5, 0.6) is 11.5 Å². The number of ether oxygens (including phenoxy) is 1. The monoisotopic (exact) mass is 683 g/mol. The number of amides is 4. The summed E-state index contributed by atoms with van der Waals surface area (Å²) in [6.07, 6.45) is 3.27. The van der Waals surface area contributed by atoms with Gasteiger partial charge in [-0.1, -0.05) is 0 Å². The van der Waals surface area contributed by atoms with Crippen LogP contribution in [0.4, 0.5) is 11.5 Å². The van der Waals surface area contributed by atoms with Crippen molar-refractivity contribution in [3.8, 4) is 11.5 Å². The molecule has 2 aliphatic heterocycles. The van der Waals surface area contributed by atoms with Gasteiger partial charge in [0.15, 0.2) is 0 Å². The van der Waals surface area contributed by atoms with Gasteiger partial charge < -0.3 is 0 Å². The number of carbonyl (C=O) groups excluding carboxylic acids is 5. The Kier molecular flexibility index (Phi) is 7.39. The van der Waals surface area contributed by atoms with Crippen LogP contribution in [0.15, 0.2) is 61.1 Å². The van der Waals surface area contributed by atoms with Gasteiger partial charge in [0.2, 0.25) is 0 Å². The predicted molar refractivity (Wildman–Crippen MR) is 139 cm³/mol. The van der Waals surface area contributed by atoms with Crippen LogP contribution in [-0.4, -0.2) is 62.1 Å². The standard InChI is InChI=1S/C27H20IN6O8/c35-20-9-8-18(25(37)33-20)34-26(38)16-2-1-3-19(22(16)27(34)39)40-12-21(36)42-28-41-15-6-4-14(5-7-15)32-24-17-10-11-29-23(17)30-13-31-24/h1-7,10-11,13,18H,8-9,12H2,(H,33,35,37)(H2,29,30,31,32)/q-1. The molecule has 0 saturated carbocycles. The van der Waals surface area contributed by atoms with Crippen LogP contribution >= 0.6 is 0 Å². The van der Waals surface area contributed by atoms with Crippen LogP contribution in [0.3, 0.4) is 0 Å². The molecule has 4 amide bonds. The summed E-state index contributed by atoms with van der Waals surface area (Å²) < 4.78 is 16.3. The summed E-state index contributed by atoms with van der Waals surface area (Å²) in [4.78, 5) is 74.4. The molecular formula is C27H20IN6O8-. The normalized spacial score (nSPS) is 16.4. The first kappa shape index (κ1) is 27.1. The predicted octanol–water partition coefficient (Wildman–Crippen LogP) is -0.977. The van der Waals surface area contributed by atoms with Crippen LogP contribution in [-0.2, 0) is 17.4 Å². The van der Waals surface area contributed by atoms with Gasteiger partial charge in [0.1, 0.15) is 0 Å². The molecule has 3 N–H and O–H groups in total. The van der Waals surface area contributed by atoms with Crippen LogP contribution in [0, 0.1) is 0 Å². The van der Waals surface area contributed by atoms with Crippen LogP contribution in [0.25, 0.3) is 11.0 Å². The third kappa shape index (κ3) is 5.32. The Morgan fingerprint density at radius 3 is 2.69 bits per heavy atom. The number of halogens is 1. The van der Waals surface area contributed by atoms with E-state index in [-0.39, 0.29) is 29.7 Å². The SMILES string of the molecule is O=C1CCC(N2C(=O)c3cccc(OCC(=O)O[I-]Oc4ccc(Nc5ncnc6[nH]ccc56)cc4)c3C2=O)C(=O)N1.